The summed E-state index contributed by atoms with van der Waals surface area (Å²) in [6.45, 7) is 21.6. The molecule has 5 atom stereocenters. The Bertz CT molecular complexity index is 1250. The van der Waals surface area contributed by atoms with Crippen LogP contribution in [0, 0.1) is 0 Å². The maximum absolute atomic E-state index is 13.4. The largest absolute Gasteiger partial charge is 0.414 e. The summed E-state index contributed by atoms with van der Waals surface area (Å²) in [7, 11) is -3.29. The van der Waals surface area contributed by atoms with Crippen LogP contribution in [0.4, 0.5) is 11.5 Å². The molecule has 41 heavy (non-hydrogen) atoms. The van der Waals surface area contributed by atoms with Gasteiger partial charge >= 0.3 is 17.1 Å². The third-order valence-corrected chi connectivity index (χ3v) is 18.0. The number of rotatable bonds is 11. The van der Waals surface area contributed by atoms with Crippen molar-refractivity contribution in [3.05, 3.63) is 53.1 Å². The molecule has 230 valence electrons. The third-order valence-electron chi connectivity index (χ3n) is 8.41. The maximum Gasteiger partial charge on any atom is 0.351 e. The van der Waals surface area contributed by atoms with Crippen molar-refractivity contribution in [2.75, 3.05) is 19.0 Å². The average molecular weight is 626 g/mol. The van der Waals surface area contributed by atoms with E-state index in [1.165, 1.54) is 11.7 Å². The second-order valence-electron chi connectivity index (χ2n) is 13.4. The van der Waals surface area contributed by atoms with Gasteiger partial charge in [0.1, 0.15) is 24.1 Å². The molecule has 2 heterocycles. The van der Waals surface area contributed by atoms with Crippen LogP contribution in [0.3, 0.4) is 0 Å². The number of benzene rings is 1. The van der Waals surface area contributed by atoms with Crippen LogP contribution in [0.25, 0.3) is 0 Å². The molecule has 1 fully saturated rings. The van der Waals surface area contributed by atoms with E-state index < -0.39 is 58.2 Å². The highest BCUT2D eigenvalue weighted by molar-refractivity contribution is 7.75. The first-order valence-electron chi connectivity index (χ1n) is 13.9. The summed E-state index contributed by atoms with van der Waals surface area (Å²) in [4.78, 5) is 17.7. The predicted molar refractivity (Wildman–Crippen MR) is 167 cm³/mol. The summed E-state index contributed by atoms with van der Waals surface area (Å²) in [6.07, 6.45) is -1.52. The Hall–Kier alpha value is -1.72. The average Bonchev–Trinajstić information content (AvgIpc) is 3.18. The molecular formula is C28H47N3O7SSi2. The van der Waals surface area contributed by atoms with Gasteiger partial charge in [0.05, 0.1) is 13.7 Å². The highest BCUT2D eigenvalue weighted by Gasteiger charge is 2.53. The number of ether oxygens (including phenoxy) is 1. The fourth-order valence-electron chi connectivity index (χ4n) is 3.81. The normalized spacial score (nSPS) is 23.0. The Kier molecular flexibility index (Phi) is 10.6. The minimum Gasteiger partial charge on any atom is -0.414 e. The van der Waals surface area contributed by atoms with E-state index in [1.807, 2.05) is 30.3 Å². The number of anilines is 2. The molecule has 1 unspecified atom stereocenters. The smallest absolute Gasteiger partial charge is 0.351 e. The molecule has 1 N–H and O–H groups in total. The molecule has 13 heteroatoms. The standard InChI is InChI=1S/C28H47N3O7SSi2/c1-27(2,3)40(8,9)35-19-21-23(37-39(33)34-7)24(38-41(10,11)28(4,5)6)25(36-21)31-18-17-22(30-26(31)32)29-20-15-13-12-14-16-20/h12-18,21,23-25H,19H2,1-11H3,(H,29,30,32)/t21-,23-,24-,25-,39?/m1/s1. The number of hydrogen-bond donors (Lipinski definition) is 1. The highest BCUT2D eigenvalue weighted by atomic mass is 32.2. The lowest BCUT2D eigenvalue weighted by molar-refractivity contribution is -0.0505. The van der Waals surface area contributed by atoms with Crippen LogP contribution in [0.15, 0.2) is 47.4 Å². The third kappa shape index (κ3) is 8.22. The zero-order valence-corrected chi connectivity index (χ0v) is 29.0. The Balaban J connectivity index is 2.02. The van der Waals surface area contributed by atoms with Crippen molar-refractivity contribution in [3.63, 3.8) is 0 Å². The molecular weight excluding hydrogens is 579 g/mol. The van der Waals surface area contributed by atoms with Gasteiger partial charge in [-0.05, 0) is 54.5 Å². The summed E-state index contributed by atoms with van der Waals surface area (Å²) in [6, 6.07) is 11.2. The first-order chi connectivity index (χ1) is 18.9. The van der Waals surface area contributed by atoms with Gasteiger partial charge in [-0.25, -0.2) is 4.79 Å². The molecule has 0 bridgehead atoms. The van der Waals surface area contributed by atoms with Crippen LogP contribution in [0.2, 0.25) is 36.3 Å². The van der Waals surface area contributed by atoms with Gasteiger partial charge in [0.2, 0.25) is 0 Å². The molecule has 0 saturated carbocycles. The fourth-order valence-corrected chi connectivity index (χ4v) is 6.60. The molecule has 0 spiro atoms. The van der Waals surface area contributed by atoms with Crippen LogP contribution in [0.1, 0.15) is 47.8 Å². The van der Waals surface area contributed by atoms with Crippen molar-refractivity contribution in [3.8, 4) is 0 Å². The lowest BCUT2D eigenvalue weighted by Crippen LogP contribution is -2.51. The summed E-state index contributed by atoms with van der Waals surface area (Å²) in [5, 5.41) is 2.97. The SMILES string of the molecule is COS(=O)O[C@H]1[C@@H](O[Si](C)(C)C(C)(C)C)[C@H](n2ccc(Nc3ccccc3)nc2=O)O[C@@H]1CO[Si](C)(C)C(C)(C)C. The molecule has 1 aliphatic rings. The van der Waals surface area contributed by atoms with Crippen LogP contribution < -0.4 is 11.0 Å². The number of aromatic nitrogens is 2. The van der Waals surface area contributed by atoms with Crippen molar-refractivity contribution in [2.45, 2.75) is 102 Å². The van der Waals surface area contributed by atoms with Gasteiger partial charge in [-0.2, -0.15) is 9.19 Å². The van der Waals surface area contributed by atoms with E-state index in [0.29, 0.717) is 5.82 Å². The molecule has 0 amide bonds. The van der Waals surface area contributed by atoms with Gasteiger partial charge in [-0.15, -0.1) is 0 Å². The Morgan fingerprint density at radius 2 is 1.59 bits per heavy atom. The summed E-state index contributed by atoms with van der Waals surface area (Å²) >= 11 is -2.05. The quantitative estimate of drug-likeness (QED) is 0.305. The maximum atomic E-state index is 13.4. The van der Waals surface area contributed by atoms with Crippen molar-refractivity contribution in [1.82, 2.24) is 9.55 Å². The van der Waals surface area contributed by atoms with E-state index in [-0.39, 0.29) is 16.7 Å². The first kappa shape index (κ1) is 33.8. The van der Waals surface area contributed by atoms with E-state index in [2.05, 4.69) is 78.0 Å². The molecule has 2 aromatic rings. The predicted octanol–water partition coefficient (Wildman–Crippen LogP) is 5.91. The summed E-state index contributed by atoms with van der Waals surface area (Å²) < 4.78 is 44.7. The molecule has 0 radical (unpaired) electrons. The van der Waals surface area contributed by atoms with E-state index in [9.17, 15) is 9.00 Å². The van der Waals surface area contributed by atoms with Crippen LogP contribution >= 0.6 is 0 Å². The van der Waals surface area contributed by atoms with Gasteiger partial charge < -0.3 is 18.9 Å². The zero-order chi connectivity index (χ0) is 30.8. The Morgan fingerprint density at radius 1 is 0.976 bits per heavy atom. The van der Waals surface area contributed by atoms with Crippen LogP contribution in [0.5, 0.6) is 0 Å². The minimum absolute atomic E-state index is 0.0316. The van der Waals surface area contributed by atoms with Crippen molar-refractivity contribution < 1.29 is 26.2 Å². The zero-order valence-electron chi connectivity index (χ0n) is 26.2. The van der Waals surface area contributed by atoms with Crippen LogP contribution in [-0.4, -0.2) is 62.4 Å². The van der Waals surface area contributed by atoms with Gasteiger partial charge in [-0.3, -0.25) is 12.9 Å². The van der Waals surface area contributed by atoms with Gasteiger partial charge in [0.15, 0.2) is 22.9 Å². The lowest BCUT2D eigenvalue weighted by atomic mass is 10.1. The first-order valence-corrected chi connectivity index (χ1v) is 20.7. The lowest BCUT2D eigenvalue weighted by Gasteiger charge is -2.40. The molecule has 10 nitrogen and oxygen atoms in total. The van der Waals surface area contributed by atoms with Crippen molar-refractivity contribution in [1.29, 1.82) is 0 Å². The second kappa shape index (κ2) is 12.9. The van der Waals surface area contributed by atoms with E-state index in [0.717, 1.165) is 5.69 Å². The monoisotopic (exact) mass is 625 g/mol. The number of nitrogens with zero attached hydrogens (tertiary/aromatic N) is 2. The second-order valence-corrected chi connectivity index (χ2v) is 23.9. The van der Waals surface area contributed by atoms with Crippen LogP contribution in [-0.2, 0) is 33.3 Å². The van der Waals surface area contributed by atoms with Crippen molar-refractivity contribution in [2.24, 2.45) is 0 Å². The summed E-state index contributed by atoms with van der Waals surface area (Å²) in [5.41, 5.74) is 0.295. The van der Waals surface area contributed by atoms with Gasteiger partial charge in [0, 0.05) is 11.9 Å². The van der Waals surface area contributed by atoms with E-state index in [1.54, 1.807) is 12.3 Å². The number of hydrogen-bond acceptors (Lipinski definition) is 9. The molecule has 1 aromatic heterocycles. The topological polar surface area (TPSA) is 110 Å². The fraction of sp³-hybridized carbons (Fsp3) is 0.643. The molecule has 0 aliphatic carbocycles. The number of nitrogens with one attached hydrogen (secondary N) is 1. The van der Waals surface area contributed by atoms with Gasteiger partial charge in [-0.1, -0.05) is 59.7 Å². The Morgan fingerprint density at radius 3 is 2.12 bits per heavy atom. The van der Waals surface area contributed by atoms with E-state index >= 15 is 0 Å². The van der Waals surface area contributed by atoms with E-state index in [4.69, 9.17) is 22.0 Å². The molecule has 3 rings (SSSR count). The molecule has 1 aliphatic heterocycles. The highest BCUT2D eigenvalue weighted by Crippen LogP contribution is 2.43. The molecule has 1 aromatic carbocycles. The Labute approximate surface area is 249 Å². The van der Waals surface area contributed by atoms with Gasteiger partial charge in [0.25, 0.3) is 0 Å². The number of para-hydroxylation sites is 1. The molecule has 1 saturated heterocycles. The van der Waals surface area contributed by atoms with Crippen molar-refractivity contribution >= 4 is 39.5 Å². The summed E-state index contributed by atoms with van der Waals surface area (Å²) in [5.74, 6) is 0.406. The minimum atomic E-state index is -2.43.